The van der Waals surface area contributed by atoms with Crippen molar-refractivity contribution < 1.29 is 14.8 Å². The van der Waals surface area contributed by atoms with E-state index in [1.807, 2.05) is 6.07 Å². The molecule has 0 aliphatic heterocycles. The SMILES string of the molecule is Cc1c(COc2ccc([C@@H](C)O)cc2)cccc1[N+](=O)[O-]. The maximum Gasteiger partial charge on any atom is 0.272 e. The second-order valence-corrected chi connectivity index (χ2v) is 4.85. The highest BCUT2D eigenvalue weighted by Gasteiger charge is 2.13. The lowest BCUT2D eigenvalue weighted by atomic mass is 10.1. The number of hydrogen-bond donors (Lipinski definition) is 1. The summed E-state index contributed by atoms with van der Waals surface area (Å²) in [6.07, 6.45) is -0.516. The fourth-order valence-electron chi connectivity index (χ4n) is 2.03. The van der Waals surface area contributed by atoms with E-state index < -0.39 is 11.0 Å². The number of hydrogen-bond acceptors (Lipinski definition) is 4. The molecule has 110 valence electrons. The second kappa shape index (κ2) is 6.37. The molecule has 2 aromatic carbocycles. The molecular formula is C16H17NO4. The maximum atomic E-state index is 10.9. The highest BCUT2D eigenvalue weighted by molar-refractivity contribution is 5.44. The molecule has 0 saturated carbocycles. The van der Waals surface area contributed by atoms with Gasteiger partial charge in [0.15, 0.2) is 0 Å². The smallest absolute Gasteiger partial charge is 0.272 e. The van der Waals surface area contributed by atoms with Gasteiger partial charge in [0.2, 0.25) is 0 Å². The molecule has 2 aromatic rings. The van der Waals surface area contributed by atoms with Gasteiger partial charge in [-0.3, -0.25) is 10.1 Å². The molecule has 0 radical (unpaired) electrons. The van der Waals surface area contributed by atoms with Crippen molar-refractivity contribution in [1.29, 1.82) is 0 Å². The molecule has 0 heterocycles. The minimum Gasteiger partial charge on any atom is -0.489 e. The Morgan fingerprint density at radius 1 is 1.24 bits per heavy atom. The van der Waals surface area contributed by atoms with E-state index in [0.717, 1.165) is 11.1 Å². The van der Waals surface area contributed by atoms with Gasteiger partial charge in [0.1, 0.15) is 12.4 Å². The minimum atomic E-state index is -0.516. The predicted octanol–water partition coefficient (Wildman–Crippen LogP) is 3.54. The monoisotopic (exact) mass is 287 g/mol. The Kier molecular flexibility index (Phi) is 4.55. The summed E-state index contributed by atoms with van der Waals surface area (Å²) in [5, 5.41) is 20.3. The first-order valence-corrected chi connectivity index (χ1v) is 6.62. The Bertz CT molecular complexity index is 635. The molecule has 2 rings (SSSR count). The van der Waals surface area contributed by atoms with Gasteiger partial charge in [-0.25, -0.2) is 0 Å². The van der Waals surface area contributed by atoms with E-state index in [2.05, 4.69) is 0 Å². The molecule has 0 fully saturated rings. The molecule has 0 spiro atoms. The van der Waals surface area contributed by atoms with Gasteiger partial charge in [0, 0.05) is 11.6 Å². The van der Waals surface area contributed by atoms with Crippen LogP contribution in [0.4, 0.5) is 5.69 Å². The normalized spacial score (nSPS) is 12.0. The number of rotatable bonds is 5. The van der Waals surface area contributed by atoms with Crippen LogP contribution in [0.1, 0.15) is 29.7 Å². The van der Waals surface area contributed by atoms with Crippen LogP contribution in [0.25, 0.3) is 0 Å². The Morgan fingerprint density at radius 2 is 1.90 bits per heavy atom. The van der Waals surface area contributed by atoms with E-state index in [1.54, 1.807) is 44.2 Å². The van der Waals surface area contributed by atoms with Crippen molar-refractivity contribution >= 4 is 5.69 Å². The van der Waals surface area contributed by atoms with E-state index >= 15 is 0 Å². The Morgan fingerprint density at radius 3 is 2.48 bits per heavy atom. The molecule has 21 heavy (non-hydrogen) atoms. The van der Waals surface area contributed by atoms with Crippen molar-refractivity contribution in [2.24, 2.45) is 0 Å². The molecular weight excluding hydrogens is 270 g/mol. The molecule has 0 bridgehead atoms. The van der Waals surface area contributed by atoms with Gasteiger partial charge in [0.05, 0.1) is 11.0 Å². The molecule has 5 nitrogen and oxygen atoms in total. The van der Waals surface area contributed by atoms with Crippen molar-refractivity contribution in [3.05, 3.63) is 69.3 Å². The molecule has 5 heteroatoms. The van der Waals surface area contributed by atoms with Crippen molar-refractivity contribution in [2.45, 2.75) is 26.6 Å². The van der Waals surface area contributed by atoms with Gasteiger partial charge in [-0.05, 0) is 37.1 Å². The van der Waals surface area contributed by atoms with Crippen LogP contribution in [-0.2, 0) is 6.61 Å². The van der Waals surface area contributed by atoms with Crippen LogP contribution in [0.3, 0.4) is 0 Å². The van der Waals surface area contributed by atoms with Crippen molar-refractivity contribution in [1.82, 2.24) is 0 Å². The molecule has 0 aromatic heterocycles. The molecule has 0 aliphatic rings. The second-order valence-electron chi connectivity index (χ2n) is 4.85. The fraction of sp³-hybridized carbons (Fsp3) is 0.250. The van der Waals surface area contributed by atoms with Gasteiger partial charge < -0.3 is 9.84 Å². The first-order valence-electron chi connectivity index (χ1n) is 6.62. The lowest BCUT2D eigenvalue weighted by Gasteiger charge is -2.10. The van der Waals surface area contributed by atoms with Crippen LogP contribution in [0, 0.1) is 17.0 Å². The quantitative estimate of drug-likeness (QED) is 0.674. The number of ether oxygens (including phenoxy) is 1. The summed E-state index contributed by atoms with van der Waals surface area (Å²) in [5.41, 5.74) is 2.31. The Labute approximate surface area is 123 Å². The third-order valence-electron chi connectivity index (χ3n) is 3.37. The largest absolute Gasteiger partial charge is 0.489 e. The third kappa shape index (κ3) is 3.58. The number of benzene rings is 2. The van der Waals surface area contributed by atoms with Gasteiger partial charge >= 0.3 is 0 Å². The van der Waals surface area contributed by atoms with E-state index in [1.165, 1.54) is 6.07 Å². The van der Waals surface area contributed by atoms with E-state index in [9.17, 15) is 15.2 Å². The van der Waals surface area contributed by atoms with Crippen molar-refractivity contribution in [2.75, 3.05) is 0 Å². The predicted molar refractivity (Wildman–Crippen MR) is 79.2 cm³/mol. The molecule has 1 N–H and O–H groups in total. The topological polar surface area (TPSA) is 72.6 Å². The standard InChI is InChI=1S/C16H17NO4/c1-11-14(4-3-5-16(11)17(19)20)10-21-15-8-6-13(7-9-15)12(2)18/h3-9,12,18H,10H2,1-2H3/t12-/m1/s1. The van der Waals surface area contributed by atoms with E-state index in [-0.39, 0.29) is 12.3 Å². The van der Waals surface area contributed by atoms with Crippen LogP contribution < -0.4 is 4.74 Å². The number of nitro benzene ring substituents is 1. The average molecular weight is 287 g/mol. The van der Waals surface area contributed by atoms with E-state index in [4.69, 9.17) is 4.74 Å². The number of nitro groups is 1. The molecule has 0 amide bonds. The highest BCUT2D eigenvalue weighted by Crippen LogP contribution is 2.23. The number of aliphatic hydroxyl groups is 1. The molecule has 0 saturated heterocycles. The lowest BCUT2D eigenvalue weighted by Crippen LogP contribution is -2.01. The summed E-state index contributed by atoms with van der Waals surface area (Å²) < 4.78 is 5.64. The number of aliphatic hydroxyl groups excluding tert-OH is 1. The zero-order valence-electron chi connectivity index (χ0n) is 11.9. The zero-order valence-corrected chi connectivity index (χ0v) is 11.9. The summed E-state index contributed by atoms with van der Waals surface area (Å²) in [6, 6.07) is 12.1. The van der Waals surface area contributed by atoms with Crippen LogP contribution in [-0.4, -0.2) is 10.0 Å². The van der Waals surface area contributed by atoms with E-state index in [0.29, 0.717) is 11.3 Å². The third-order valence-corrected chi connectivity index (χ3v) is 3.37. The van der Waals surface area contributed by atoms with Gasteiger partial charge in [-0.2, -0.15) is 0 Å². The minimum absolute atomic E-state index is 0.0977. The van der Waals surface area contributed by atoms with Crippen molar-refractivity contribution in [3.8, 4) is 5.75 Å². The summed E-state index contributed by atoms with van der Waals surface area (Å²) in [5.74, 6) is 0.658. The summed E-state index contributed by atoms with van der Waals surface area (Å²) >= 11 is 0. The lowest BCUT2D eigenvalue weighted by molar-refractivity contribution is -0.385. The van der Waals surface area contributed by atoms with Gasteiger partial charge in [-0.15, -0.1) is 0 Å². The summed E-state index contributed by atoms with van der Waals surface area (Å²) in [4.78, 5) is 10.5. The summed E-state index contributed by atoms with van der Waals surface area (Å²) in [6.45, 7) is 3.68. The summed E-state index contributed by atoms with van der Waals surface area (Å²) in [7, 11) is 0. The fourth-order valence-corrected chi connectivity index (χ4v) is 2.03. The van der Waals surface area contributed by atoms with Gasteiger partial charge in [-0.1, -0.05) is 24.3 Å². The van der Waals surface area contributed by atoms with Crippen LogP contribution in [0.5, 0.6) is 5.75 Å². The maximum absolute atomic E-state index is 10.9. The average Bonchev–Trinajstić information content (AvgIpc) is 2.46. The molecule has 0 aliphatic carbocycles. The van der Waals surface area contributed by atoms with Crippen molar-refractivity contribution in [3.63, 3.8) is 0 Å². The zero-order chi connectivity index (χ0) is 15.4. The molecule has 0 unspecified atom stereocenters. The molecule has 1 atom stereocenters. The first-order chi connectivity index (χ1) is 9.99. The first kappa shape index (κ1) is 15.0. The van der Waals surface area contributed by atoms with Crippen LogP contribution in [0.15, 0.2) is 42.5 Å². The van der Waals surface area contributed by atoms with Crippen LogP contribution >= 0.6 is 0 Å². The Balaban J connectivity index is 2.09. The van der Waals surface area contributed by atoms with Crippen LogP contribution in [0.2, 0.25) is 0 Å². The Hall–Kier alpha value is -2.40. The number of nitrogens with zero attached hydrogens (tertiary/aromatic N) is 1. The highest BCUT2D eigenvalue weighted by atomic mass is 16.6. The van der Waals surface area contributed by atoms with Gasteiger partial charge in [0.25, 0.3) is 5.69 Å².